The Bertz CT molecular complexity index is 661. The molecule has 0 saturated carbocycles. The van der Waals surface area contributed by atoms with Crippen LogP contribution in [0.1, 0.15) is 36.5 Å². The number of nitrogens with zero attached hydrogens (tertiary/aromatic N) is 1. The van der Waals surface area contributed by atoms with Gasteiger partial charge in [0.15, 0.2) is 0 Å². The molecule has 0 radical (unpaired) electrons. The molecule has 22 heavy (non-hydrogen) atoms. The maximum Gasteiger partial charge on any atom is 0.0400 e. The molecule has 2 heteroatoms. The van der Waals surface area contributed by atoms with Crippen LogP contribution in [-0.2, 0) is 0 Å². The van der Waals surface area contributed by atoms with Crippen molar-refractivity contribution < 1.29 is 0 Å². The highest BCUT2D eigenvalue weighted by atomic mass is 15.2. The van der Waals surface area contributed by atoms with Gasteiger partial charge >= 0.3 is 0 Å². The van der Waals surface area contributed by atoms with E-state index in [4.69, 9.17) is 0 Å². The summed E-state index contributed by atoms with van der Waals surface area (Å²) in [5, 5.41) is 3.43. The second-order valence-electron chi connectivity index (χ2n) is 6.59. The van der Waals surface area contributed by atoms with Crippen molar-refractivity contribution in [2.75, 3.05) is 31.1 Å². The molecule has 0 aromatic heterocycles. The van der Waals surface area contributed by atoms with E-state index in [1.807, 2.05) is 0 Å². The lowest BCUT2D eigenvalue weighted by Gasteiger charge is -2.33. The minimum atomic E-state index is 0.412. The molecule has 1 atom stereocenters. The first kappa shape index (κ1) is 15.1. The van der Waals surface area contributed by atoms with E-state index in [1.54, 1.807) is 0 Å². The van der Waals surface area contributed by atoms with Gasteiger partial charge in [0.1, 0.15) is 0 Å². The third kappa shape index (κ3) is 2.52. The van der Waals surface area contributed by atoms with Crippen LogP contribution >= 0.6 is 0 Å². The maximum atomic E-state index is 4.32. The van der Waals surface area contributed by atoms with Crippen LogP contribution in [0.3, 0.4) is 0 Å². The predicted octanol–water partition coefficient (Wildman–Crippen LogP) is 4.04. The number of anilines is 1. The second kappa shape index (κ2) is 5.77. The van der Waals surface area contributed by atoms with Gasteiger partial charge in [-0.25, -0.2) is 0 Å². The zero-order valence-electron chi connectivity index (χ0n) is 14.0. The van der Waals surface area contributed by atoms with E-state index in [0.717, 1.165) is 37.3 Å². The Morgan fingerprint density at radius 3 is 2.59 bits per heavy atom. The molecule has 1 heterocycles. The van der Waals surface area contributed by atoms with Crippen molar-refractivity contribution in [3.63, 3.8) is 0 Å². The maximum absolute atomic E-state index is 4.32. The van der Waals surface area contributed by atoms with Crippen LogP contribution < -0.4 is 10.2 Å². The number of fused-ring (bicyclic) bond motifs is 1. The van der Waals surface area contributed by atoms with Gasteiger partial charge in [-0.3, -0.25) is 0 Å². The van der Waals surface area contributed by atoms with Crippen molar-refractivity contribution in [3.05, 3.63) is 59.2 Å². The lowest BCUT2D eigenvalue weighted by Crippen LogP contribution is -2.43. The van der Waals surface area contributed by atoms with Crippen molar-refractivity contribution in [1.82, 2.24) is 5.32 Å². The van der Waals surface area contributed by atoms with Gasteiger partial charge in [-0.2, -0.15) is 0 Å². The van der Waals surface area contributed by atoms with E-state index in [1.165, 1.54) is 28.0 Å². The van der Waals surface area contributed by atoms with Gasteiger partial charge in [-0.15, -0.1) is 0 Å². The summed E-state index contributed by atoms with van der Waals surface area (Å²) in [5.41, 5.74) is 8.86. The summed E-state index contributed by atoms with van der Waals surface area (Å²) in [4.78, 5) is 2.50. The third-order valence-corrected chi connectivity index (χ3v) is 4.84. The fraction of sp³-hybridized carbons (Fsp3) is 0.400. The summed E-state index contributed by atoms with van der Waals surface area (Å²) < 4.78 is 0. The van der Waals surface area contributed by atoms with E-state index in [0.29, 0.717) is 5.92 Å². The smallest absolute Gasteiger partial charge is 0.0400 e. The monoisotopic (exact) mass is 294 g/mol. The van der Waals surface area contributed by atoms with Crippen LogP contribution in [-0.4, -0.2) is 26.2 Å². The number of hydrogen-bond acceptors (Lipinski definition) is 2. The van der Waals surface area contributed by atoms with E-state index in [-0.39, 0.29) is 0 Å². The number of rotatable bonds is 2. The lowest BCUT2D eigenvalue weighted by atomic mass is 9.79. The molecule has 3 rings (SSSR count). The number of nitrogens with one attached hydrogen (secondary N) is 1. The number of piperazine rings is 1. The highest BCUT2D eigenvalue weighted by Crippen LogP contribution is 2.41. The van der Waals surface area contributed by atoms with Crippen LogP contribution in [0.4, 0.5) is 5.69 Å². The van der Waals surface area contributed by atoms with E-state index < -0.39 is 0 Å². The number of aryl methyl sites for hydroxylation is 1. The molecule has 2 nitrogen and oxygen atoms in total. The van der Waals surface area contributed by atoms with Crippen molar-refractivity contribution in [2.24, 2.45) is 0 Å². The molecular formula is C20H26N2. The fourth-order valence-electron chi connectivity index (χ4n) is 3.58. The molecule has 1 aromatic carbocycles. The highest BCUT2D eigenvalue weighted by molar-refractivity contribution is 5.87. The summed E-state index contributed by atoms with van der Waals surface area (Å²) >= 11 is 0. The zero-order chi connectivity index (χ0) is 15.9. The molecule has 1 fully saturated rings. The topological polar surface area (TPSA) is 15.3 Å². The van der Waals surface area contributed by atoms with Gasteiger partial charge in [0.25, 0.3) is 0 Å². The van der Waals surface area contributed by atoms with Gasteiger partial charge in [0, 0.05) is 37.8 Å². The van der Waals surface area contributed by atoms with E-state index >= 15 is 0 Å². The molecule has 2 aliphatic rings. The molecule has 0 bridgehead atoms. The van der Waals surface area contributed by atoms with Crippen LogP contribution in [0.5, 0.6) is 0 Å². The summed E-state index contributed by atoms with van der Waals surface area (Å²) in [6, 6.07) is 4.71. The van der Waals surface area contributed by atoms with Crippen molar-refractivity contribution >= 4 is 11.3 Å². The molecule has 1 aliphatic carbocycles. The molecule has 1 N–H and O–H groups in total. The SMILES string of the molecule is C=C(C)C1=CC(C)c2cc(N3CCNCC3)c(C)cc2C1=C. The van der Waals surface area contributed by atoms with Gasteiger partial charge in [-0.05, 0) is 53.8 Å². The van der Waals surface area contributed by atoms with Gasteiger partial charge in [0.2, 0.25) is 0 Å². The molecule has 1 aliphatic heterocycles. The Morgan fingerprint density at radius 1 is 1.27 bits per heavy atom. The van der Waals surface area contributed by atoms with Crippen LogP contribution in [0.25, 0.3) is 5.57 Å². The zero-order valence-corrected chi connectivity index (χ0v) is 14.0. The summed E-state index contributed by atoms with van der Waals surface area (Å²) in [6.45, 7) is 19.3. The predicted molar refractivity (Wildman–Crippen MR) is 96.6 cm³/mol. The fourth-order valence-corrected chi connectivity index (χ4v) is 3.58. The average molecular weight is 294 g/mol. The largest absolute Gasteiger partial charge is 0.369 e. The Morgan fingerprint density at radius 2 is 1.95 bits per heavy atom. The Kier molecular flexibility index (Phi) is 3.96. The third-order valence-electron chi connectivity index (χ3n) is 4.84. The van der Waals surface area contributed by atoms with Crippen LogP contribution in [0, 0.1) is 6.92 Å². The minimum absolute atomic E-state index is 0.412. The van der Waals surface area contributed by atoms with Crippen LogP contribution in [0.15, 0.2) is 42.5 Å². The molecule has 0 amide bonds. The Hall–Kier alpha value is -1.80. The lowest BCUT2D eigenvalue weighted by molar-refractivity contribution is 0.588. The van der Waals surface area contributed by atoms with Gasteiger partial charge in [-0.1, -0.05) is 31.7 Å². The van der Waals surface area contributed by atoms with Crippen LogP contribution in [0.2, 0.25) is 0 Å². The molecular weight excluding hydrogens is 268 g/mol. The first-order chi connectivity index (χ1) is 10.5. The average Bonchev–Trinajstić information content (AvgIpc) is 2.51. The standard InChI is InChI=1S/C20H26N2/c1-13(2)17-10-14(3)18-12-20(22-8-6-21-7-9-22)15(4)11-19(18)16(17)5/h10-12,14,21H,1,5-9H2,2-4H3. The summed E-state index contributed by atoms with van der Waals surface area (Å²) in [6.07, 6.45) is 2.31. The number of benzene rings is 1. The number of hydrogen-bond donors (Lipinski definition) is 1. The normalized spacial score (nSPS) is 21.4. The highest BCUT2D eigenvalue weighted by Gasteiger charge is 2.23. The molecule has 1 saturated heterocycles. The molecule has 0 spiro atoms. The molecule has 116 valence electrons. The summed E-state index contributed by atoms with van der Waals surface area (Å²) in [5.74, 6) is 0.412. The quantitative estimate of drug-likeness (QED) is 0.885. The minimum Gasteiger partial charge on any atom is -0.369 e. The van der Waals surface area contributed by atoms with Crippen molar-refractivity contribution in [3.8, 4) is 0 Å². The first-order valence-electron chi connectivity index (χ1n) is 8.16. The Labute approximate surface area is 134 Å². The van der Waals surface area contributed by atoms with Gasteiger partial charge in [0.05, 0.1) is 0 Å². The first-order valence-corrected chi connectivity index (χ1v) is 8.16. The molecule has 1 aromatic rings. The van der Waals surface area contributed by atoms with E-state index in [2.05, 4.69) is 62.4 Å². The molecule has 1 unspecified atom stereocenters. The van der Waals surface area contributed by atoms with Gasteiger partial charge < -0.3 is 10.2 Å². The summed E-state index contributed by atoms with van der Waals surface area (Å²) in [7, 11) is 0. The number of allylic oxidation sites excluding steroid dienone is 4. The Balaban J connectivity index is 2.04. The van der Waals surface area contributed by atoms with Crippen molar-refractivity contribution in [1.29, 1.82) is 0 Å². The second-order valence-corrected chi connectivity index (χ2v) is 6.59. The van der Waals surface area contributed by atoms with Crippen molar-refractivity contribution in [2.45, 2.75) is 26.7 Å². The van der Waals surface area contributed by atoms with E-state index in [9.17, 15) is 0 Å².